The molecule has 25 heavy (non-hydrogen) atoms. The van der Waals surface area contributed by atoms with Crippen LogP contribution in [0.25, 0.3) is 0 Å². The van der Waals surface area contributed by atoms with Crippen LogP contribution in [-0.2, 0) is 14.3 Å². The van der Waals surface area contributed by atoms with Crippen LogP contribution in [0.5, 0.6) is 0 Å². The van der Waals surface area contributed by atoms with E-state index in [9.17, 15) is 9.59 Å². The van der Waals surface area contributed by atoms with Crippen LogP contribution in [-0.4, -0.2) is 23.1 Å². The van der Waals surface area contributed by atoms with Gasteiger partial charge in [0.25, 0.3) is 0 Å². The minimum absolute atomic E-state index is 0.308. The van der Waals surface area contributed by atoms with Gasteiger partial charge in [0, 0.05) is 6.42 Å². The van der Waals surface area contributed by atoms with Crippen LogP contribution in [0.15, 0.2) is 24.3 Å². The molecule has 0 fully saturated rings. The molecule has 0 saturated carbocycles. The number of carboxylic acids is 1. The van der Waals surface area contributed by atoms with E-state index in [4.69, 9.17) is 9.84 Å². The minimum Gasteiger partial charge on any atom is -0.479 e. The number of aliphatic carboxylic acids is 1. The Morgan fingerprint density at radius 2 is 1.44 bits per heavy atom. The van der Waals surface area contributed by atoms with E-state index in [2.05, 4.69) is 31.2 Å². The Kier molecular flexibility index (Phi) is 16.2. The minimum atomic E-state index is -1.10. The molecule has 0 aliphatic rings. The number of hydrogen-bond acceptors (Lipinski definition) is 3. The van der Waals surface area contributed by atoms with Gasteiger partial charge in [0.1, 0.15) is 0 Å². The fraction of sp³-hybridized carbons (Fsp3) is 0.714. The summed E-state index contributed by atoms with van der Waals surface area (Å²) in [5, 5.41) is 8.65. The summed E-state index contributed by atoms with van der Waals surface area (Å²) in [4.78, 5) is 22.0. The van der Waals surface area contributed by atoms with E-state index in [1.807, 2.05) is 0 Å². The predicted octanol–water partition coefficient (Wildman–Crippen LogP) is 5.82. The molecular formula is C21H36O4. The molecule has 0 aliphatic carbocycles. The second kappa shape index (κ2) is 17.2. The second-order valence-electron chi connectivity index (χ2n) is 6.45. The van der Waals surface area contributed by atoms with Crippen molar-refractivity contribution in [1.82, 2.24) is 0 Å². The number of rotatable bonds is 16. The largest absolute Gasteiger partial charge is 0.479 e. The zero-order valence-electron chi connectivity index (χ0n) is 16.0. The molecule has 0 rings (SSSR count). The van der Waals surface area contributed by atoms with E-state index < -0.39 is 18.0 Å². The summed E-state index contributed by atoms with van der Waals surface area (Å²) in [6, 6.07) is 0. The van der Waals surface area contributed by atoms with Gasteiger partial charge in [-0.1, -0.05) is 63.3 Å². The Bertz CT molecular complexity index is 399. The third-order valence-electron chi connectivity index (χ3n) is 3.99. The first-order valence-electron chi connectivity index (χ1n) is 9.80. The fourth-order valence-corrected chi connectivity index (χ4v) is 2.39. The third-order valence-corrected chi connectivity index (χ3v) is 3.99. The average molecular weight is 353 g/mol. The Morgan fingerprint density at radius 3 is 2.04 bits per heavy atom. The Hall–Kier alpha value is -1.58. The van der Waals surface area contributed by atoms with Crippen molar-refractivity contribution in [3.8, 4) is 0 Å². The molecule has 0 aromatic carbocycles. The lowest BCUT2D eigenvalue weighted by atomic mass is 10.1. The van der Waals surface area contributed by atoms with Crippen molar-refractivity contribution < 1.29 is 19.4 Å². The van der Waals surface area contributed by atoms with E-state index in [1.54, 1.807) is 0 Å². The highest BCUT2D eigenvalue weighted by molar-refractivity contribution is 5.77. The molecule has 0 spiro atoms. The Morgan fingerprint density at radius 1 is 0.880 bits per heavy atom. The van der Waals surface area contributed by atoms with Crippen LogP contribution in [0.3, 0.4) is 0 Å². The topological polar surface area (TPSA) is 63.6 Å². The number of carbonyl (C=O) groups is 2. The molecule has 0 aliphatic heterocycles. The zero-order valence-corrected chi connectivity index (χ0v) is 16.0. The van der Waals surface area contributed by atoms with Crippen molar-refractivity contribution in [2.45, 2.75) is 97.0 Å². The van der Waals surface area contributed by atoms with E-state index in [0.717, 1.165) is 38.5 Å². The first-order chi connectivity index (χ1) is 12.1. The summed E-state index contributed by atoms with van der Waals surface area (Å²) in [7, 11) is 0. The van der Waals surface area contributed by atoms with Crippen LogP contribution in [0.4, 0.5) is 0 Å². The van der Waals surface area contributed by atoms with Gasteiger partial charge < -0.3 is 9.84 Å². The quantitative estimate of drug-likeness (QED) is 0.216. The van der Waals surface area contributed by atoms with Gasteiger partial charge >= 0.3 is 11.9 Å². The molecule has 4 nitrogen and oxygen atoms in total. The average Bonchev–Trinajstić information content (AvgIpc) is 2.58. The van der Waals surface area contributed by atoms with Gasteiger partial charge in [0.2, 0.25) is 0 Å². The molecule has 144 valence electrons. The molecule has 1 atom stereocenters. The van der Waals surface area contributed by atoms with Gasteiger partial charge in [-0.3, -0.25) is 4.79 Å². The highest BCUT2D eigenvalue weighted by Gasteiger charge is 2.15. The molecule has 0 heterocycles. The van der Waals surface area contributed by atoms with Crippen molar-refractivity contribution in [2.75, 3.05) is 0 Å². The third kappa shape index (κ3) is 17.0. The van der Waals surface area contributed by atoms with E-state index in [1.165, 1.54) is 39.0 Å². The summed E-state index contributed by atoms with van der Waals surface area (Å²) in [6.45, 7) is 3.60. The SMILES string of the molecule is CCCCC/C=C\C/C=C\CCCCCCCC(=O)OC(C)C(=O)O. The van der Waals surface area contributed by atoms with Crippen LogP contribution in [0, 0.1) is 0 Å². The van der Waals surface area contributed by atoms with Gasteiger partial charge in [0.15, 0.2) is 6.10 Å². The van der Waals surface area contributed by atoms with Gasteiger partial charge in [-0.2, -0.15) is 0 Å². The Balaban J connectivity index is 3.37. The van der Waals surface area contributed by atoms with E-state index >= 15 is 0 Å². The number of ether oxygens (including phenoxy) is 1. The summed E-state index contributed by atoms with van der Waals surface area (Å²) >= 11 is 0. The van der Waals surface area contributed by atoms with Crippen LogP contribution >= 0.6 is 0 Å². The fourth-order valence-electron chi connectivity index (χ4n) is 2.39. The van der Waals surface area contributed by atoms with Crippen LogP contribution in [0.2, 0.25) is 0 Å². The van der Waals surface area contributed by atoms with Crippen LogP contribution in [0.1, 0.15) is 90.9 Å². The summed E-state index contributed by atoms with van der Waals surface area (Å²) < 4.78 is 4.78. The van der Waals surface area contributed by atoms with E-state index in [-0.39, 0.29) is 0 Å². The van der Waals surface area contributed by atoms with Gasteiger partial charge in [-0.05, 0) is 45.4 Å². The summed E-state index contributed by atoms with van der Waals surface area (Å²) in [5.41, 5.74) is 0. The second-order valence-corrected chi connectivity index (χ2v) is 6.45. The molecule has 4 heteroatoms. The molecule has 0 saturated heterocycles. The molecule has 0 bridgehead atoms. The van der Waals surface area contributed by atoms with Crippen molar-refractivity contribution in [3.63, 3.8) is 0 Å². The maximum atomic E-state index is 11.4. The molecule has 0 amide bonds. The zero-order chi connectivity index (χ0) is 18.8. The smallest absolute Gasteiger partial charge is 0.344 e. The molecular weight excluding hydrogens is 316 g/mol. The highest BCUT2D eigenvalue weighted by Crippen LogP contribution is 2.09. The molecule has 1 N–H and O–H groups in total. The lowest BCUT2D eigenvalue weighted by Crippen LogP contribution is -2.23. The Labute approximate surface area is 153 Å². The number of carbonyl (C=O) groups excluding carboxylic acids is 1. The normalized spacial score (nSPS) is 12.7. The first-order valence-corrected chi connectivity index (χ1v) is 9.80. The summed E-state index contributed by atoms with van der Waals surface area (Å²) in [5.74, 6) is -1.52. The maximum absolute atomic E-state index is 11.4. The van der Waals surface area contributed by atoms with Gasteiger partial charge in [0.05, 0.1) is 0 Å². The summed E-state index contributed by atoms with van der Waals surface area (Å²) in [6.07, 6.45) is 20.7. The monoisotopic (exact) mass is 352 g/mol. The predicted molar refractivity (Wildman–Crippen MR) is 103 cm³/mol. The van der Waals surface area contributed by atoms with Crippen molar-refractivity contribution in [2.24, 2.45) is 0 Å². The molecule has 0 radical (unpaired) electrons. The number of esters is 1. The maximum Gasteiger partial charge on any atom is 0.344 e. The number of allylic oxidation sites excluding steroid dienone is 4. The van der Waals surface area contributed by atoms with Gasteiger partial charge in [-0.15, -0.1) is 0 Å². The molecule has 0 aromatic heterocycles. The van der Waals surface area contributed by atoms with Crippen molar-refractivity contribution in [3.05, 3.63) is 24.3 Å². The number of hydrogen-bond donors (Lipinski definition) is 1. The van der Waals surface area contributed by atoms with Crippen LogP contribution < -0.4 is 0 Å². The van der Waals surface area contributed by atoms with Crippen molar-refractivity contribution in [1.29, 1.82) is 0 Å². The highest BCUT2D eigenvalue weighted by atomic mass is 16.6. The van der Waals surface area contributed by atoms with E-state index in [0.29, 0.717) is 6.42 Å². The van der Waals surface area contributed by atoms with Gasteiger partial charge in [-0.25, -0.2) is 4.79 Å². The number of carboxylic acid groups (broad SMARTS) is 1. The lowest BCUT2D eigenvalue weighted by molar-refractivity contribution is -0.162. The number of unbranched alkanes of at least 4 members (excludes halogenated alkanes) is 8. The van der Waals surface area contributed by atoms with Crippen molar-refractivity contribution >= 4 is 11.9 Å². The molecule has 0 aromatic rings. The molecule has 1 unspecified atom stereocenters. The lowest BCUT2D eigenvalue weighted by Gasteiger charge is -2.08. The first kappa shape index (κ1) is 23.4. The standard InChI is InChI=1S/C21H36O4/c1-3-4-5-6-7-8-9-10-11-12-13-14-15-16-17-18-20(22)25-19(2)21(23)24/h7-8,10-11,19H,3-6,9,12-18H2,1-2H3,(H,23,24)/b8-7-,11-10-.